The van der Waals surface area contributed by atoms with Crippen LogP contribution in [0.2, 0.25) is 0 Å². The molecule has 1 fully saturated rings. The number of benzene rings is 1. The van der Waals surface area contributed by atoms with Gasteiger partial charge in [0.2, 0.25) is 15.5 Å². The number of fused-ring (bicyclic) bond motifs is 1. The van der Waals surface area contributed by atoms with Crippen LogP contribution in [0.3, 0.4) is 0 Å². The fourth-order valence-electron chi connectivity index (χ4n) is 3.88. The summed E-state index contributed by atoms with van der Waals surface area (Å²) in [5, 5.41) is 9.36. The van der Waals surface area contributed by atoms with Gasteiger partial charge in [-0.15, -0.1) is 0 Å². The van der Waals surface area contributed by atoms with Gasteiger partial charge in [-0.2, -0.15) is 4.98 Å². The second kappa shape index (κ2) is 9.81. The number of hydrogen-bond acceptors (Lipinski definition) is 8. The minimum atomic E-state index is -3.19. The first-order valence-corrected chi connectivity index (χ1v) is 12.8. The van der Waals surface area contributed by atoms with Gasteiger partial charge >= 0.3 is 11.6 Å². The molecule has 3 heterocycles. The van der Waals surface area contributed by atoms with Crippen LogP contribution in [-0.2, 0) is 10.0 Å². The molecule has 1 saturated heterocycles. The number of aromatic amines is 2. The average molecular weight is 490 g/mol. The summed E-state index contributed by atoms with van der Waals surface area (Å²) in [7, 11) is -1.66. The Morgan fingerprint density at radius 2 is 2.06 bits per heavy atom. The number of H-pyrrole nitrogens is 2. The Morgan fingerprint density at radius 1 is 1.29 bits per heavy atom. The predicted octanol–water partition coefficient (Wildman–Crippen LogP) is 1.11. The summed E-state index contributed by atoms with van der Waals surface area (Å²) in [6.07, 6.45) is 4.24. The normalized spacial score (nSPS) is 15.3. The minimum Gasteiger partial charge on any atom is -0.495 e. The number of carbonyl (C=O) groups is 1. The number of methoxy groups -OCH3 is 1. The van der Waals surface area contributed by atoms with Gasteiger partial charge < -0.3 is 20.7 Å². The van der Waals surface area contributed by atoms with Crippen LogP contribution < -0.4 is 25.7 Å². The standard InChI is InChI=1S/C21H28N8O4S/c1-4-22-20(30)13-5-6-15(16(11-13)33-2)26-21-27-18-17(23-12-24-18)19(28-21)25-14-7-9-29(10-8-14)34(3,31)32/h5-6,11-12,14H,4,7-10H2,1-3H3,(H,22,30)(H3,23,24,25,26,27,28)/p+1. The van der Waals surface area contributed by atoms with Gasteiger partial charge in [0.15, 0.2) is 12.1 Å². The van der Waals surface area contributed by atoms with Crippen molar-refractivity contribution >= 4 is 44.5 Å². The molecular weight excluding hydrogens is 460 g/mol. The van der Waals surface area contributed by atoms with Crippen LogP contribution in [-0.4, -0.2) is 72.6 Å². The maximum atomic E-state index is 12.1. The fraction of sp³-hybridized carbons (Fsp3) is 0.429. The second-order valence-electron chi connectivity index (χ2n) is 8.03. The highest BCUT2D eigenvalue weighted by atomic mass is 32.2. The third-order valence-corrected chi connectivity index (χ3v) is 6.95. The van der Waals surface area contributed by atoms with Gasteiger partial charge in [-0.05, 0) is 38.0 Å². The van der Waals surface area contributed by atoms with E-state index in [1.54, 1.807) is 24.5 Å². The van der Waals surface area contributed by atoms with E-state index >= 15 is 0 Å². The summed E-state index contributed by atoms with van der Waals surface area (Å²) >= 11 is 0. The van der Waals surface area contributed by atoms with Crippen molar-refractivity contribution in [3.63, 3.8) is 0 Å². The highest BCUT2D eigenvalue weighted by Gasteiger charge is 2.27. The largest absolute Gasteiger partial charge is 0.495 e. The molecule has 182 valence electrons. The van der Waals surface area contributed by atoms with Crippen molar-refractivity contribution in [2.24, 2.45) is 0 Å². The zero-order chi connectivity index (χ0) is 24.3. The van der Waals surface area contributed by atoms with Crippen molar-refractivity contribution in [1.82, 2.24) is 24.6 Å². The van der Waals surface area contributed by atoms with Crippen LogP contribution in [0.25, 0.3) is 11.2 Å². The van der Waals surface area contributed by atoms with E-state index in [1.165, 1.54) is 17.7 Å². The number of piperidine rings is 1. The maximum absolute atomic E-state index is 12.1. The SMILES string of the molecule is CCNC(=O)c1ccc(Nc2nc(NC3CCN(S(C)(=O)=O)CC3)c3[nH]c[nH+]c3n2)c(OC)c1. The molecule has 0 radical (unpaired) electrons. The lowest BCUT2D eigenvalue weighted by Crippen LogP contribution is -2.42. The lowest BCUT2D eigenvalue weighted by Gasteiger charge is -2.30. The zero-order valence-electron chi connectivity index (χ0n) is 19.3. The maximum Gasteiger partial charge on any atom is 0.307 e. The van der Waals surface area contributed by atoms with Gasteiger partial charge in [0.05, 0.1) is 19.1 Å². The molecule has 1 amide bonds. The first-order valence-electron chi connectivity index (χ1n) is 11.0. The average Bonchev–Trinajstić information content (AvgIpc) is 3.28. The molecular formula is C21H29N8O4S+. The van der Waals surface area contributed by atoms with Gasteiger partial charge in [-0.3, -0.25) is 9.78 Å². The van der Waals surface area contributed by atoms with Gasteiger partial charge in [-0.25, -0.2) is 17.7 Å². The smallest absolute Gasteiger partial charge is 0.307 e. The van der Waals surface area contributed by atoms with E-state index in [0.717, 1.165) is 5.52 Å². The van der Waals surface area contributed by atoms with Crippen molar-refractivity contribution in [3.05, 3.63) is 30.1 Å². The Kier molecular flexibility index (Phi) is 6.84. The number of carbonyl (C=O) groups excluding carboxylic acids is 1. The highest BCUT2D eigenvalue weighted by Crippen LogP contribution is 2.29. The number of aromatic nitrogens is 4. The van der Waals surface area contributed by atoms with E-state index < -0.39 is 10.0 Å². The van der Waals surface area contributed by atoms with Gasteiger partial charge in [0.25, 0.3) is 5.91 Å². The van der Waals surface area contributed by atoms with Crippen molar-refractivity contribution in [1.29, 1.82) is 0 Å². The number of nitrogens with zero attached hydrogens (tertiary/aromatic N) is 3. The fourth-order valence-corrected chi connectivity index (χ4v) is 4.76. The van der Waals surface area contributed by atoms with Crippen LogP contribution >= 0.6 is 0 Å². The Bertz CT molecular complexity index is 1290. The first-order chi connectivity index (χ1) is 16.3. The Labute approximate surface area is 197 Å². The molecule has 0 aliphatic carbocycles. The van der Waals surface area contributed by atoms with Crippen LogP contribution in [0, 0.1) is 0 Å². The number of hydrogen-bond donors (Lipinski definition) is 4. The molecule has 12 nitrogen and oxygen atoms in total. The summed E-state index contributed by atoms with van der Waals surface area (Å²) in [5.41, 5.74) is 2.42. The first kappa shape index (κ1) is 23.7. The summed E-state index contributed by atoms with van der Waals surface area (Å²) in [6, 6.07) is 5.17. The van der Waals surface area contributed by atoms with E-state index in [-0.39, 0.29) is 11.9 Å². The number of rotatable bonds is 8. The zero-order valence-corrected chi connectivity index (χ0v) is 20.1. The number of sulfonamides is 1. The van der Waals surface area contributed by atoms with Crippen molar-refractivity contribution in [3.8, 4) is 5.75 Å². The van der Waals surface area contributed by atoms with Crippen molar-refractivity contribution in [2.75, 3.05) is 43.6 Å². The van der Waals surface area contributed by atoms with E-state index in [2.05, 4.69) is 35.9 Å². The molecule has 4 rings (SSSR count). The lowest BCUT2D eigenvalue weighted by atomic mass is 10.1. The summed E-state index contributed by atoms with van der Waals surface area (Å²) in [4.78, 5) is 27.5. The monoisotopic (exact) mass is 489 g/mol. The number of nitrogens with one attached hydrogen (secondary N) is 5. The van der Waals surface area contributed by atoms with Gasteiger partial charge in [0.1, 0.15) is 5.75 Å². The van der Waals surface area contributed by atoms with Crippen LogP contribution in [0.1, 0.15) is 30.1 Å². The predicted molar refractivity (Wildman–Crippen MR) is 128 cm³/mol. The van der Waals surface area contributed by atoms with Gasteiger partial charge in [-0.1, -0.05) is 4.98 Å². The highest BCUT2D eigenvalue weighted by molar-refractivity contribution is 7.88. The summed E-state index contributed by atoms with van der Waals surface area (Å²) in [6.45, 7) is 3.31. The lowest BCUT2D eigenvalue weighted by molar-refractivity contribution is -0.347. The number of imidazole rings is 1. The topological polar surface area (TPSA) is 155 Å². The van der Waals surface area contributed by atoms with E-state index in [1.807, 2.05) is 6.92 Å². The van der Waals surface area contributed by atoms with Crippen molar-refractivity contribution < 1.29 is 22.9 Å². The molecule has 1 aliphatic rings. The second-order valence-corrected chi connectivity index (χ2v) is 10.0. The molecule has 34 heavy (non-hydrogen) atoms. The molecule has 0 unspecified atom stereocenters. The molecule has 5 N–H and O–H groups in total. The third-order valence-electron chi connectivity index (χ3n) is 5.65. The molecule has 1 aliphatic heterocycles. The van der Waals surface area contributed by atoms with Crippen LogP contribution in [0.4, 0.5) is 17.5 Å². The molecule has 0 bridgehead atoms. The molecule has 0 spiro atoms. The molecule has 0 saturated carbocycles. The van der Waals surface area contributed by atoms with E-state index in [9.17, 15) is 13.2 Å². The summed E-state index contributed by atoms with van der Waals surface area (Å²) in [5.74, 6) is 1.24. The van der Waals surface area contributed by atoms with E-state index in [0.29, 0.717) is 66.9 Å². The number of ether oxygens (including phenoxy) is 1. The van der Waals surface area contributed by atoms with Gasteiger partial charge in [0, 0.05) is 31.2 Å². The quantitative estimate of drug-likeness (QED) is 0.367. The third kappa shape index (κ3) is 5.20. The van der Waals surface area contributed by atoms with Crippen LogP contribution in [0.15, 0.2) is 24.5 Å². The molecule has 0 atom stereocenters. The minimum absolute atomic E-state index is 0.0677. The summed E-state index contributed by atoms with van der Waals surface area (Å²) < 4.78 is 30.5. The Balaban J connectivity index is 1.55. The molecule has 1 aromatic carbocycles. The van der Waals surface area contributed by atoms with Crippen LogP contribution in [0.5, 0.6) is 5.75 Å². The van der Waals surface area contributed by atoms with E-state index in [4.69, 9.17) is 4.74 Å². The Hall–Kier alpha value is -3.45. The van der Waals surface area contributed by atoms with Crippen molar-refractivity contribution in [2.45, 2.75) is 25.8 Å². The number of anilines is 3. The molecule has 13 heteroatoms. The molecule has 2 aromatic heterocycles. The number of amides is 1. The molecule has 3 aromatic rings. The Morgan fingerprint density at radius 3 is 2.74 bits per heavy atom.